The lowest BCUT2D eigenvalue weighted by Crippen LogP contribution is -2.43. The van der Waals surface area contributed by atoms with Crippen LogP contribution in [-0.2, 0) is 0 Å². The molecule has 1 saturated carbocycles. The van der Waals surface area contributed by atoms with Crippen LogP contribution in [-0.4, -0.2) is 42.0 Å². The Kier molecular flexibility index (Phi) is 7.75. The first kappa shape index (κ1) is 16.4. The van der Waals surface area contributed by atoms with E-state index in [0.717, 1.165) is 37.4 Å². The summed E-state index contributed by atoms with van der Waals surface area (Å²) in [4.78, 5) is 6.86. The fraction of sp³-hybridized carbons (Fsp3) is 0.923. The molecule has 1 aliphatic carbocycles. The maximum absolute atomic E-state index is 6.07. The summed E-state index contributed by atoms with van der Waals surface area (Å²) >= 11 is 2.01. The molecule has 2 rings (SSSR count). The fourth-order valence-electron chi connectivity index (χ4n) is 2.84. The van der Waals surface area contributed by atoms with Crippen molar-refractivity contribution in [1.82, 2.24) is 4.90 Å². The third-order valence-electron chi connectivity index (χ3n) is 3.89. The topological polar surface area (TPSA) is 41.6 Å². The standard InChI is InChI=1S/C13H25N3S.HI/c1-11-3-2-4-12(9-11)10-15-13(14)16-5-7-17-8-6-16;/h11-12H,2-10H2,1H3,(H2,14,15);1H. The zero-order valence-corrected chi connectivity index (χ0v) is 14.5. The summed E-state index contributed by atoms with van der Waals surface area (Å²) in [6.45, 7) is 5.45. The van der Waals surface area contributed by atoms with E-state index in [0.29, 0.717) is 0 Å². The average Bonchev–Trinajstić information content (AvgIpc) is 2.37. The summed E-state index contributed by atoms with van der Waals surface area (Å²) in [5.41, 5.74) is 6.07. The molecule has 2 aliphatic rings. The maximum atomic E-state index is 6.07. The highest BCUT2D eigenvalue weighted by atomic mass is 127. The van der Waals surface area contributed by atoms with Gasteiger partial charge in [0, 0.05) is 31.1 Å². The molecule has 0 bridgehead atoms. The molecular weight excluding hydrogens is 357 g/mol. The predicted molar refractivity (Wildman–Crippen MR) is 91.9 cm³/mol. The maximum Gasteiger partial charge on any atom is 0.191 e. The molecule has 106 valence electrons. The van der Waals surface area contributed by atoms with Crippen LogP contribution in [0.5, 0.6) is 0 Å². The van der Waals surface area contributed by atoms with Crippen LogP contribution < -0.4 is 5.73 Å². The molecule has 0 aromatic rings. The highest BCUT2D eigenvalue weighted by Gasteiger charge is 2.19. The van der Waals surface area contributed by atoms with Gasteiger partial charge in [-0.2, -0.15) is 11.8 Å². The lowest BCUT2D eigenvalue weighted by molar-refractivity contribution is 0.288. The molecule has 2 unspecified atom stereocenters. The first-order valence-corrected chi connectivity index (χ1v) is 8.04. The quantitative estimate of drug-likeness (QED) is 0.453. The number of halogens is 1. The minimum absolute atomic E-state index is 0. The van der Waals surface area contributed by atoms with Crippen LogP contribution in [0.4, 0.5) is 0 Å². The largest absolute Gasteiger partial charge is 0.370 e. The second kappa shape index (κ2) is 8.51. The van der Waals surface area contributed by atoms with Crippen LogP contribution >= 0.6 is 35.7 Å². The van der Waals surface area contributed by atoms with E-state index in [1.807, 2.05) is 11.8 Å². The number of nitrogens with two attached hydrogens (primary N) is 1. The van der Waals surface area contributed by atoms with E-state index >= 15 is 0 Å². The van der Waals surface area contributed by atoms with Crippen molar-refractivity contribution in [3.05, 3.63) is 0 Å². The van der Waals surface area contributed by atoms with Crippen LogP contribution in [0.2, 0.25) is 0 Å². The SMILES string of the molecule is CC1CCCC(CN=C(N)N2CCSCC2)C1.I. The number of hydrogen-bond acceptors (Lipinski definition) is 2. The van der Waals surface area contributed by atoms with Gasteiger partial charge in [-0.1, -0.05) is 19.8 Å². The Bertz CT molecular complexity index is 267. The lowest BCUT2D eigenvalue weighted by Gasteiger charge is -2.29. The fourth-order valence-corrected chi connectivity index (χ4v) is 3.74. The first-order chi connectivity index (χ1) is 8.25. The minimum Gasteiger partial charge on any atom is -0.370 e. The molecule has 18 heavy (non-hydrogen) atoms. The molecule has 3 nitrogen and oxygen atoms in total. The van der Waals surface area contributed by atoms with Crippen LogP contribution in [0.15, 0.2) is 4.99 Å². The molecule has 1 aliphatic heterocycles. The number of aliphatic imine (C=N–C) groups is 1. The zero-order valence-electron chi connectivity index (χ0n) is 11.3. The van der Waals surface area contributed by atoms with E-state index in [1.165, 1.54) is 37.2 Å². The molecule has 2 fully saturated rings. The summed E-state index contributed by atoms with van der Waals surface area (Å²) in [7, 11) is 0. The Labute approximate surface area is 132 Å². The van der Waals surface area contributed by atoms with E-state index in [4.69, 9.17) is 5.73 Å². The molecule has 5 heteroatoms. The molecule has 0 amide bonds. The molecule has 2 N–H and O–H groups in total. The van der Waals surface area contributed by atoms with Gasteiger partial charge in [0.1, 0.15) is 0 Å². The molecule has 0 aromatic heterocycles. The predicted octanol–water partition coefficient (Wildman–Crippen LogP) is 2.79. The van der Waals surface area contributed by atoms with Crippen molar-refractivity contribution in [2.45, 2.75) is 32.6 Å². The van der Waals surface area contributed by atoms with Gasteiger partial charge in [0.25, 0.3) is 0 Å². The third-order valence-corrected chi connectivity index (χ3v) is 4.83. The molecule has 0 aromatic carbocycles. The average molecular weight is 383 g/mol. The van der Waals surface area contributed by atoms with Crippen molar-refractivity contribution in [2.75, 3.05) is 31.1 Å². The van der Waals surface area contributed by atoms with Crippen molar-refractivity contribution in [1.29, 1.82) is 0 Å². The van der Waals surface area contributed by atoms with Crippen LogP contribution in [0.3, 0.4) is 0 Å². The lowest BCUT2D eigenvalue weighted by atomic mass is 9.82. The molecule has 1 saturated heterocycles. The Morgan fingerprint density at radius 2 is 2.06 bits per heavy atom. The normalized spacial score (nSPS) is 29.8. The highest BCUT2D eigenvalue weighted by Crippen LogP contribution is 2.28. The van der Waals surface area contributed by atoms with E-state index < -0.39 is 0 Å². The van der Waals surface area contributed by atoms with Crippen molar-refractivity contribution in [3.8, 4) is 0 Å². The second-order valence-corrected chi connectivity index (χ2v) is 6.66. The van der Waals surface area contributed by atoms with Crippen molar-refractivity contribution in [2.24, 2.45) is 22.6 Å². The third kappa shape index (κ3) is 5.15. The number of guanidine groups is 1. The molecule has 0 spiro atoms. The second-order valence-electron chi connectivity index (χ2n) is 5.44. The number of thioether (sulfide) groups is 1. The molecular formula is C13H26IN3S. The Balaban J connectivity index is 0.00000162. The Morgan fingerprint density at radius 1 is 1.33 bits per heavy atom. The van der Waals surface area contributed by atoms with Gasteiger partial charge in [0.05, 0.1) is 0 Å². The summed E-state index contributed by atoms with van der Waals surface area (Å²) < 4.78 is 0. The Morgan fingerprint density at radius 3 is 2.72 bits per heavy atom. The van der Waals surface area contributed by atoms with Crippen molar-refractivity contribution >= 4 is 41.7 Å². The van der Waals surface area contributed by atoms with Gasteiger partial charge in [-0.05, 0) is 24.7 Å². The van der Waals surface area contributed by atoms with E-state index in [2.05, 4.69) is 16.8 Å². The Hall–Kier alpha value is 0.350. The number of hydrogen-bond donors (Lipinski definition) is 1. The van der Waals surface area contributed by atoms with Crippen molar-refractivity contribution in [3.63, 3.8) is 0 Å². The number of rotatable bonds is 2. The van der Waals surface area contributed by atoms with Gasteiger partial charge in [-0.25, -0.2) is 0 Å². The van der Waals surface area contributed by atoms with Gasteiger partial charge in [-0.3, -0.25) is 4.99 Å². The van der Waals surface area contributed by atoms with Gasteiger partial charge in [0.15, 0.2) is 5.96 Å². The summed E-state index contributed by atoms with van der Waals surface area (Å²) in [6.07, 6.45) is 5.46. The van der Waals surface area contributed by atoms with E-state index in [-0.39, 0.29) is 24.0 Å². The smallest absolute Gasteiger partial charge is 0.191 e. The highest BCUT2D eigenvalue weighted by molar-refractivity contribution is 14.0. The minimum atomic E-state index is 0. The molecule has 1 heterocycles. The number of nitrogens with zero attached hydrogens (tertiary/aromatic N) is 2. The first-order valence-electron chi connectivity index (χ1n) is 6.88. The van der Waals surface area contributed by atoms with Gasteiger partial charge < -0.3 is 10.6 Å². The van der Waals surface area contributed by atoms with E-state index in [9.17, 15) is 0 Å². The van der Waals surface area contributed by atoms with Crippen molar-refractivity contribution < 1.29 is 0 Å². The van der Waals surface area contributed by atoms with E-state index in [1.54, 1.807) is 0 Å². The van der Waals surface area contributed by atoms with Crippen LogP contribution in [0, 0.1) is 11.8 Å². The zero-order chi connectivity index (χ0) is 12.1. The summed E-state index contributed by atoms with van der Waals surface area (Å²) in [5, 5.41) is 0. The summed E-state index contributed by atoms with van der Waals surface area (Å²) in [6, 6.07) is 0. The van der Waals surface area contributed by atoms with Crippen LogP contribution in [0.25, 0.3) is 0 Å². The monoisotopic (exact) mass is 383 g/mol. The van der Waals surface area contributed by atoms with Gasteiger partial charge in [0.2, 0.25) is 0 Å². The van der Waals surface area contributed by atoms with Crippen LogP contribution in [0.1, 0.15) is 32.6 Å². The van der Waals surface area contributed by atoms with Gasteiger partial charge in [-0.15, -0.1) is 24.0 Å². The summed E-state index contributed by atoms with van der Waals surface area (Å²) in [5.74, 6) is 4.82. The molecule has 2 atom stereocenters. The van der Waals surface area contributed by atoms with Gasteiger partial charge >= 0.3 is 0 Å². The molecule has 0 radical (unpaired) electrons.